The normalized spacial score (nSPS) is 11.6. The van der Waals surface area contributed by atoms with Gasteiger partial charge in [0, 0.05) is 16.6 Å². The Morgan fingerprint density at radius 2 is 1.74 bits per heavy atom. The van der Waals surface area contributed by atoms with Crippen molar-refractivity contribution in [2.24, 2.45) is 0 Å². The maximum absolute atomic E-state index is 12.5. The lowest BCUT2D eigenvalue weighted by Crippen LogP contribution is -2.10. The number of hydrogen-bond acceptors (Lipinski definition) is 4. The highest BCUT2D eigenvalue weighted by Gasteiger charge is 2.22. The highest BCUT2D eigenvalue weighted by atomic mass is 35.5. The van der Waals surface area contributed by atoms with Crippen molar-refractivity contribution in [1.29, 1.82) is 0 Å². The monoisotopic (exact) mass is 387 g/mol. The summed E-state index contributed by atoms with van der Waals surface area (Å²) in [4.78, 5) is 3.95. The van der Waals surface area contributed by atoms with Gasteiger partial charge in [0.05, 0.1) is 10.0 Å². The molecule has 23 heavy (non-hydrogen) atoms. The summed E-state index contributed by atoms with van der Waals surface area (Å²) in [5.74, 6) is 0.0658. The van der Waals surface area contributed by atoms with E-state index in [4.69, 9.17) is 39.0 Å². The van der Waals surface area contributed by atoms with E-state index >= 15 is 0 Å². The van der Waals surface area contributed by atoms with Crippen LogP contribution in [-0.2, 0) is 10.1 Å². The van der Waals surface area contributed by atoms with Gasteiger partial charge in [0.2, 0.25) is 0 Å². The van der Waals surface area contributed by atoms with Crippen LogP contribution in [0, 0.1) is 0 Å². The Kier molecular flexibility index (Phi) is 4.38. The first-order valence-corrected chi connectivity index (χ1v) is 8.85. The Bertz CT molecular complexity index is 1010. The average Bonchev–Trinajstić information content (AvgIpc) is 2.50. The van der Waals surface area contributed by atoms with Gasteiger partial charge in [-0.1, -0.05) is 34.8 Å². The van der Waals surface area contributed by atoms with Crippen LogP contribution in [0.3, 0.4) is 0 Å². The van der Waals surface area contributed by atoms with Crippen molar-refractivity contribution >= 4 is 55.8 Å². The van der Waals surface area contributed by atoms with Crippen molar-refractivity contribution in [3.63, 3.8) is 0 Å². The van der Waals surface area contributed by atoms with Crippen LogP contribution >= 0.6 is 34.8 Å². The van der Waals surface area contributed by atoms with Crippen LogP contribution in [0.5, 0.6) is 5.75 Å². The second-order valence-corrected chi connectivity index (χ2v) is 7.32. The van der Waals surface area contributed by atoms with E-state index in [2.05, 4.69) is 4.98 Å². The van der Waals surface area contributed by atoms with E-state index in [1.165, 1.54) is 30.5 Å². The molecular weight excluding hydrogens is 381 g/mol. The molecule has 0 N–H and O–H groups in total. The van der Waals surface area contributed by atoms with Crippen molar-refractivity contribution < 1.29 is 12.6 Å². The minimum Gasteiger partial charge on any atom is -0.377 e. The van der Waals surface area contributed by atoms with E-state index in [0.717, 1.165) is 0 Å². The van der Waals surface area contributed by atoms with E-state index in [1.807, 2.05) is 0 Å². The molecule has 1 heterocycles. The van der Waals surface area contributed by atoms with Gasteiger partial charge in [-0.15, -0.1) is 0 Å². The van der Waals surface area contributed by atoms with Crippen molar-refractivity contribution in [3.05, 3.63) is 63.7 Å². The molecule has 3 aromatic rings. The number of fused-ring (bicyclic) bond motifs is 1. The van der Waals surface area contributed by atoms with Gasteiger partial charge in [0.25, 0.3) is 0 Å². The lowest BCUT2D eigenvalue weighted by molar-refractivity contribution is 0.488. The van der Waals surface area contributed by atoms with Gasteiger partial charge in [-0.3, -0.25) is 4.98 Å². The molecule has 0 aliphatic carbocycles. The Hall–Kier alpha value is -1.53. The van der Waals surface area contributed by atoms with Crippen molar-refractivity contribution in [3.8, 4) is 5.75 Å². The molecule has 0 unspecified atom stereocenters. The van der Waals surface area contributed by atoms with E-state index < -0.39 is 10.1 Å². The number of rotatable bonds is 3. The predicted octanol–water partition coefficient (Wildman–Crippen LogP) is 4.96. The number of halogens is 3. The predicted molar refractivity (Wildman–Crippen MR) is 91.0 cm³/mol. The summed E-state index contributed by atoms with van der Waals surface area (Å²) in [7, 11) is -4.14. The Morgan fingerprint density at radius 1 is 0.957 bits per heavy atom. The summed E-state index contributed by atoms with van der Waals surface area (Å²) in [6.07, 6.45) is 1.52. The van der Waals surface area contributed by atoms with Gasteiger partial charge in [0.15, 0.2) is 5.75 Å². The zero-order valence-corrected chi connectivity index (χ0v) is 14.4. The largest absolute Gasteiger partial charge is 0.377 e. The van der Waals surface area contributed by atoms with Gasteiger partial charge >= 0.3 is 10.1 Å². The van der Waals surface area contributed by atoms with Crippen LogP contribution in [0.4, 0.5) is 0 Å². The lowest BCUT2D eigenvalue weighted by atomic mass is 10.2. The highest BCUT2D eigenvalue weighted by molar-refractivity contribution is 7.87. The van der Waals surface area contributed by atoms with Gasteiger partial charge in [-0.2, -0.15) is 8.42 Å². The quantitative estimate of drug-likeness (QED) is 0.595. The zero-order valence-electron chi connectivity index (χ0n) is 11.3. The van der Waals surface area contributed by atoms with Gasteiger partial charge < -0.3 is 4.18 Å². The summed E-state index contributed by atoms with van der Waals surface area (Å²) < 4.78 is 30.1. The Balaban J connectivity index is 2.10. The number of nitrogens with zero attached hydrogens (tertiary/aromatic N) is 1. The molecule has 8 heteroatoms. The van der Waals surface area contributed by atoms with Crippen LogP contribution in [0.1, 0.15) is 0 Å². The average molecular weight is 389 g/mol. The number of benzene rings is 2. The molecule has 0 amide bonds. The fraction of sp³-hybridized carbons (Fsp3) is 0. The summed E-state index contributed by atoms with van der Waals surface area (Å²) in [6.45, 7) is 0. The number of aromatic nitrogens is 1. The van der Waals surface area contributed by atoms with Gasteiger partial charge in [-0.05, 0) is 42.5 Å². The van der Waals surface area contributed by atoms with Crippen molar-refractivity contribution in [2.75, 3.05) is 0 Å². The fourth-order valence-corrected chi connectivity index (χ4v) is 3.92. The highest BCUT2D eigenvalue weighted by Crippen LogP contribution is 2.33. The van der Waals surface area contributed by atoms with Crippen LogP contribution in [0.25, 0.3) is 10.9 Å². The first-order chi connectivity index (χ1) is 10.9. The molecule has 0 aliphatic heterocycles. The third kappa shape index (κ3) is 3.23. The molecule has 0 atom stereocenters. The minimum atomic E-state index is -4.14. The van der Waals surface area contributed by atoms with Crippen LogP contribution in [0.15, 0.2) is 53.6 Å². The molecule has 0 spiro atoms. The maximum Gasteiger partial charge on any atom is 0.340 e. The topological polar surface area (TPSA) is 56.3 Å². The SMILES string of the molecule is O=S(=O)(Oc1ccc(Cl)c2cccnc12)c1ccc(Cl)cc1Cl. The third-order valence-corrected chi connectivity index (χ3v) is 5.33. The second kappa shape index (κ2) is 6.17. The molecule has 118 valence electrons. The van der Waals surface area contributed by atoms with Gasteiger partial charge in [-0.25, -0.2) is 0 Å². The fourth-order valence-electron chi connectivity index (χ4n) is 2.02. The maximum atomic E-state index is 12.5. The van der Waals surface area contributed by atoms with Crippen LogP contribution < -0.4 is 4.18 Å². The first-order valence-electron chi connectivity index (χ1n) is 6.31. The molecule has 2 aromatic carbocycles. The van der Waals surface area contributed by atoms with Crippen LogP contribution in [0.2, 0.25) is 15.1 Å². The smallest absolute Gasteiger partial charge is 0.340 e. The molecule has 3 rings (SSSR count). The Labute approximate surface area is 147 Å². The summed E-state index contributed by atoms with van der Waals surface area (Å²) in [5.41, 5.74) is 0.341. The summed E-state index contributed by atoms with van der Waals surface area (Å²) >= 11 is 17.8. The third-order valence-electron chi connectivity index (χ3n) is 3.04. The zero-order chi connectivity index (χ0) is 16.6. The van der Waals surface area contributed by atoms with Crippen LogP contribution in [-0.4, -0.2) is 13.4 Å². The molecule has 0 saturated carbocycles. The summed E-state index contributed by atoms with van der Waals surface area (Å²) in [5, 5.41) is 1.34. The molecule has 0 radical (unpaired) electrons. The van der Waals surface area contributed by atoms with Gasteiger partial charge in [0.1, 0.15) is 10.4 Å². The second-order valence-electron chi connectivity index (χ2n) is 4.56. The first kappa shape index (κ1) is 16.3. The van der Waals surface area contributed by atoms with E-state index in [0.29, 0.717) is 20.9 Å². The molecule has 0 fully saturated rings. The lowest BCUT2D eigenvalue weighted by Gasteiger charge is -2.11. The van der Waals surface area contributed by atoms with Crippen molar-refractivity contribution in [1.82, 2.24) is 4.98 Å². The standard InChI is InChI=1S/C15H8Cl3NO3S/c16-9-3-6-14(12(18)8-9)23(20,21)22-13-5-4-11(17)10-2-1-7-19-15(10)13/h1-8H. The minimum absolute atomic E-state index is 0.0243. The molecular formula is C15H8Cl3NO3S. The van der Waals surface area contributed by atoms with E-state index in [-0.39, 0.29) is 15.7 Å². The number of hydrogen-bond donors (Lipinski definition) is 0. The van der Waals surface area contributed by atoms with E-state index in [1.54, 1.807) is 18.2 Å². The molecule has 0 aliphatic rings. The Morgan fingerprint density at radius 3 is 2.48 bits per heavy atom. The number of pyridine rings is 1. The van der Waals surface area contributed by atoms with Crippen molar-refractivity contribution in [2.45, 2.75) is 4.90 Å². The summed E-state index contributed by atoms with van der Waals surface area (Å²) in [6, 6.07) is 10.4. The molecule has 1 aromatic heterocycles. The van der Waals surface area contributed by atoms with E-state index in [9.17, 15) is 8.42 Å². The molecule has 0 bridgehead atoms. The molecule has 0 saturated heterocycles. The molecule has 4 nitrogen and oxygen atoms in total.